The van der Waals surface area contributed by atoms with Crippen LogP contribution in [0.1, 0.15) is 16.9 Å². The van der Waals surface area contributed by atoms with Gasteiger partial charge in [0.2, 0.25) is 0 Å². The van der Waals surface area contributed by atoms with Crippen molar-refractivity contribution in [1.82, 2.24) is 14.7 Å². The van der Waals surface area contributed by atoms with Crippen molar-refractivity contribution in [2.24, 2.45) is 16.6 Å². The van der Waals surface area contributed by atoms with E-state index in [1.807, 2.05) is 24.4 Å². The SMILES string of the molecule is NC1=N[C@H](C2CC(NC(=O)c3cn4ccccc4n3)=CC=C2F)COC1. The van der Waals surface area contributed by atoms with Gasteiger partial charge in [-0.1, -0.05) is 6.07 Å². The van der Waals surface area contributed by atoms with Gasteiger partial charge in [-0.15, -0.1) is 0 Å². The topological polar surface area (TPSA) is 94.0 Å². The van der Waals surface area contributed by atoms with Gasteiger partial charge in [-0.3, -0.25) is 9.79 Å². The van der Waals surface area contributed by atoms with Gasteiger partial charge in [0.15, 0.2) is 0 Å². The van der Waals surface area contributed by atoms with Crippen LogP contribution in [-0.4, -0.2) is 40.4 Å². The number of amides is 1. The molecule has 2 atom stereocenters. The van der Waals surface area contributed by atoms with E-state index < -0.39 is 12.0 Å². The standard InChI is InChI=1S/C18H18FN5O2/c19-13-5-4-11(7-12(13)15-9-26-10-16(20)22-15)21-18(25)14-8-24-6-2-1-3-17(24)23-14/h1-6,8,12,15H,7,9-10H2,(H2,20,22)(H,21,25)/t12?,15-/m0/s1. The summed E-state index contributed by atoms with van der Waals surface area (Å²) >= 11 is 0. The predicted molar refractivity (Wildman–Crippen MR) is 94.3 cm³/mol. The van der Waals surface area contributed by atoms with Crippen LogP contribution < -0.4 is 11.1 Å². The minimum atomic E-state index is -0.504. The van der Waals surface area contributed by atoms with Crippen LogP contribution in [0.15, 0.2) is 59.3 Å². The lowest BCUT2D eigenvalue weighted by molar-refractivity contribution is 0.0955. The number of carbonyl (C=O) groups excluding carboxylic acids is 1. The molecule has 4 rings (SSSR count). The quantitative estimate of drug-likeness (QED) is 0.874. The van der Waals surface area contributed by atoms with Gasteiger partial charge in [-0.05, 0) is 30.7 Å². The Hall–Kier alpha value is -3.00. The number of imidazole rings is 1. The summed E-state index contributed by atoms with van der Waals surface area (Å²) in [6.07, 6.45) is 6.71. The minimum absolute atomic E-state index is 0.266. The van der Waals surface area contributed by atoms with Crippen molar-refractivity contribution in [3.05, 3.63) is 60.0 Å². The number of pyridine rings is 1. The summed E-state index contributed by atoms with van der Waals surface area (Å²) in [5, 5.41) is 2.81. The van der Waals surface area contributed by atoms with Crippen LogP contribution in [0, 0.1) is 5.92 Å². The molecule has 1 aliphatic carbocycles. The van der Waals surface area contributed by atoms with E-state index in [1.165, 1.54) is 6.08 Å². The largest absolute Gasteiger partial charge is 0.386 e. The van der Waals surface area contributed by atoms with Gasteiger partial charge >= 0.3 is 0 Å². The van der Waals surface area contributed by atoms with Crippen molar-refractivity contribution in [1.29, 1.82) is 0 Å². The molecular weight excluding hydrogens is 337 g/mol. The first kappa shape index (κ1) is 16.5. The normalized spacial score (nSPS) is 23.2. The van der Waals surface area contributed by atoms with Crippen LogP contribution in [-0.2, 0) is 4.74 Å². The van der Waals surface area contributed by atoms with Crippen molar-refractivity contribution in [3.8, 4) is 0 Å². The molecule has 0 fully saturated rings. The number of hydrogen-bond acceptors (Lipinski definition) is 5. The summed E-state index contributed by atoms with van der Waals surface area (Å²) in [5.74, 6) is -0.769. The molecule has 1 unspecified atom stereocenters. The van der Waals surface area contributed by atoms with Gasteiger partial charge in [0, 0.05) is 24.0 Å². The Morgan fingerprint density at radius 2 is 2.27 bits per heavy atom. The van der Waals surface area contributed by atoms with Crippen LogP contribution in [0.3, 0.4) is 0 Å². The van der Waals surface area contributed by atoms with E-state index in [2.05, 4.69) is 15.3 Å². The molecule has 1 aliphatic heterocycles. The summed E-state index contributed by atoms with van der Waals surface area (Å²) in [6, 6.07) is 5.13. The molecule has 0 saturated carbocycles. The fourth-order valence-corrected chi connectivity index (χ4v) is 3.15. The fourth-order valence-electron chi connectivity index (χ4n) is 3.15. The molecule has 3 N–H and O–H groups in total. The first-order valence-corrected chi connectivity index (χ1v) is 8.31. The maximum absolute atomic E-state index is 14.3. The molecule has 3 heterocycles. The zero-order chi connectivity index (χ0) is 18.1. The second-order valence-electron chi connectivity index (χ2n) is 6.30. The summed E-state index contributed by atoms with van der Waals surface area (Å²) in [6.45, 7) is 0.572. The van der Waals surface area contributed by atoms with Crippen LogP contribution in [0.4, 0.5) is 4.39 Å². The highest BCUT2D eigenvalue weighted by Crippen LogP contribution is 2.30. The first-order chi connectivity index (χ1) is 12.6. The molecule has 0 bridgehead atoms. The average Bonchev–Trinajstić information content (AvgIpc) is 3.08. The molecule has 1 amide bonds. The molecule has 2 aromatic rings. The first-order valence-electron chi connectivity index (χ1n) is 8.31. The Bertz CT molecular complexity index is 913. The van der Waals surface area contributed by atoms with E-state index in [9.17, 15) is 9.18 Å². The van der Waals surface area contributed by atoms with Gasteiger partial charge in [0.05, 0.1) is 12.6 Å². The van der Waals surface area contributed by atoms with Crippen molar-refractivity contribution in [2.45, 2.75) is 12.5 Å². The number of amidine groups is 1. The highest BCUT2D eigenvalue weighted by atomic mass is 19.1. The molecule has 0 radical (unpaired) electrons. The molecule has 7 nitrogen and oxygen atoms in total. The molecule has 0 aromatic carbocycles. The molecule has 0 spiro atoms. The lowest BCUT2D eigenvalue weighted by atomic mass is 9.90. The number of halogens is 1. The van der Waals surface area contributed by atoms with E-state index in [0.29, 0.717) is 35.9 Å². The van der Waals surface area contributed by atoms with Gasteiger partial charge < -0.3 is 20.2 Å². The summed E-state index contributed by atoms with van der Waals surface area (Å²) < 4.78 is 21.4. The zero-order valence-corrected chi connectivity index (χ0v) is 13.9. The van der Waals surface area contributed by atoms with E-state index in [0.717, 1.165) is 0 Å². The predicted octanol–water partition coefficient (Wildman–Crippen LogP) is 1.58. The number of fused-ring (bicyclic) bond motifs is 1. The minimum Gasteiger partial charge on any atom is -0.386 e. The Morgan fingerprint density at radius 1 is 1.38 bits per heavy atom. The molecular formula is C18H18FN5O2. The molecule has 0 saturated heterocycles. The molecule has 2 aromatic heterocycles. The highest BCUT2D eigenvalue weighted by molar-refractivity contribution is 5.94. The number of hydrogen-bond donors (Lipinski definition) is 2. The number of aliphatic imine (C=N–C) groups is 1. The third kappa shape index (κ3) is 3.23. The number of nitrogens with two attached hydrogens (primary N) is 1. The smallest absolute Gasteiger partial charge is 0.275 e. The molecule has 2 aliphatic rings. The van der Waals surface area contributed by atoms with Gasteiger partial charge in [-0.2, -0.15) is 0 Å². The van der Waals surface area contributed by atoms with Gasteiger partial charge in [0.1, 0.15) is 29.6 Å². The maximum atomic E-state index is 14.3. The number of nitrogens with one attached hydrogen (secondary N) is 1. The molecule has 134 valence electrons. The van der Waals surface area contributed by atoms with E-state index >= 15 is 0 Å². The fraction of sp³-hybridized carbons (Fsp3) is 0.278. The summed E-state index contributed by atoms with van der Waals surface area (Å²) in [4.78, 5) is 21.1. The molecule has 26 heavy (non-hydrogen) atoms. The maximum Gasteiger partial charge on any atom is 0.275 e. The highest BCUT2D eigenvalue weighted by Gasteiger charge is 2.31. The lowest BCUT2D eigenvalue weighted by Crippen LogP contribution is -2.37. The molecule has 8 heteroatoms. The van der Waals surface area contributed by atoms with Crippen LogP contribution in [0.2, 0.25) is 0 Å². The Balaban J connectivity index is 1.49. The Morgan fingerprint density at radius 3 is 3.08 bits per heavy atom. The van der Waals surface area contributed by atoms with Crippen LogP contribution >= 0.6 is 0 Å². The monoisotopic (exact) mass is 355 g/mol. The number of carbonyl (C=O) groups is 1. The number of aromatic nitrogens is 2. The summed E-state index contributed by atoms with van der Waals surface area (Å²) in [7, 11) is 0. The number of ether oxygens (including phenoxy) is 1. The van der Waals surface area contributed by atoms with Crippen LogP contribution in [0.5, 0.6) is 0 Å². The number of nitrogens with zero attached hydrogens (tertiary/aromatic N) is 3. The van der Waals surface area contributed by atoms with Gasteiger partial charge in [0.25, 0.3) is 5.91 Å². The average molecular weight is 355 g/mol. The lowest BCUT2D eigenvalue weighted by Gasteiger charge is -2.28. The number of allylic oxidation sites excluding steroid dienone is 3. The van der Waals surface area contributed by atoms with E-state index in [-0.39, 0.29) is 18.3 Å². The second-order valence-corrected chi connectivity index (χ2v) is 6.30. The number of rotatable bonds is 3. The summed E-state index contributed by atoms with van der Waals surface area (Å²) in [5.41, 5.74) is 7.28. The third-order valence-corrected chi connectivity index (χ3v) is 4.44. The van der Waals surface area contributed by atoms with E-state index in [4.69, 9.17) is 10.5 Å². The van der Waals surface area contributed by atoms with Crippen molar-refractivity contribution < 1.29 is 13.9 Å². The van der Waals surface area contributed by atoms with E-state index in [1.54, 1.807) is 16.7 Å². The van der Waals surface area contributed by atoms with Crippen molar-refractivity contribution in [2.75, 3.05) is 13.2 Å². The Labute approximate surface area is 149 Å². The van der Waals surface area contributed by atoms with Crippen molar-refractivity contribution in [3.63, 3.8) is 0 Å². The van der Waals surface area contributed by atoms with Crippen molar-refractivity contribution >= 4 is 17.4 Å². The second kappa shape index (κ2) is 6.72. The van der Waals surface area contributed by atoms with Crippen LogP contribution in [0.25, 0.3) is 5.65 Å². The zero-order valence-electron chi connectivity index (χ0n) is 13.9. The third-order valence-electron chi connectivity index (χ3n) is 4.44. The van der Waals surface area contributed by atoms with Gasteiger partial charge in [-0.25, -0.2) is 9.37 Å². The Kier molecular flexibility index (Phi) is 4.26.